The molecule has 0 atom stereocenters. The molecule has 1 aromatic heterocycles. The molecule has 0 bridgehead atoms. The van der Waals surface area contributed by atoms with Gasteiger partial charge in [0.15, 0.2) is 5.78 Å². The number of pyridine rings is 1. The van der Waals surface area contributed by atoms with Crippen LogP contribution >= 0.6 is 0 Å². The number of hydrogen-bond donors (Lipinski definition) is 0. The molecule has 0 fully saturated rings. The number of carbonyl (C=O) groups is 1. The topological polar surface area (TPSA) is 30.0 Å². The van der Waals surface area contributed by atoms with Gasteiger partial charge in [0.1, 0.15) is 0 Å². The number of carbonyl (C=O) groups excluding carboxylic acids is 1. The maximum absolute atomic E-state index is 12.3. The van der Waals surface area contributed by atoms with E-state index in [0.29, 0.717) is 5.56 Å². The zero-order chi connectivity index (χ0) is 16.4. The minimum atomic E-state index is -0.0414. The summed E-state index contributed by atoms with van der Waals surface area (Å²) < 4.78 is 0. The molecule has 0 saturated heterocycles. The number of ketones is 1. The Morgan fingerprint density at radius 3 is 2.42 bits per heavy atom. The van der Waals surface area contributed by atoms with Crippen LogP contribution in [0.1, 0.15) is 17.3 Å². The summed E-state index contributed by atoms with van der Waals surface area (Å²) in [6.07, 6.45) is 6.76. The Labute approximate surface area is 141 Å². The number of nitrogens with zero attached hydrogens (tertiary/aromatic N) is 1. The maximum Gasteiger partial charge on any atom is 0.187 e. The van der Waals surface area contributed by atoms with E-state index in [4.69, 9.17) is 0 Å². The highest BCUT2D eigenvalue weighted by molar-refractivity contribution is 6.12. The number of allylic oxidation sites excluding steroid dienone is 1. The minimum Gasteiger partial charge on any atom is -0.289 e. The first-order valence-electron chi connectivity index (χ1n) is 7.86. The average molecular weight is 312 g/mol. The Kier molecular flexibility index (Phi) is 3.64. The van der Waals surface area contributed by atoms with E-state index in [1.165, 1.54) is 16.2 Å². The molecule has 24 heavy (non-hydrogen) atoms. The lowest BCUT2D eigenvalue weighted by Crippen LogP contribution is -1.94. The Morgan fingerprint density at radius 1 is 0.875 bits per heavy atom. The summed E-state index contributed by atoms with van der Waals surface area (Å²) in [6.45, 7) is 0. The van der Waals surface area contributed by atoms with Gasteiger partial charge in [-0.1, -0.05) is 54.6 Å². The Hall–Kier alpha value is -3.26. The van der Waals surface area contributed by atoms with Crippen molar-refractivity contribution < 1.29 is 6.22 Å². The van der Waals surface area contributed by atoms with Crippen LogP contribution in [-0.4, -0.2) is 10.8 Å². The molecular weight excluding hydrogens is 294 g/mol. The first-order chi connectivity index (χ1) is 11.8. The van der Waals surface area contributed by atoms with E-state index in [1.54, 1.807) is 30.6 Å². The summed E-state index contributed by atoms with van der Waals surface area (Å²) in [5, 5.41) is 4.74. The van der Waals surface area contributed by atoms with Gasteiger partial charge in [-0.25, -0.2) is 0 Å². The minimum absolute atomic E-state index is 0. The normalized spacial score (nSPS) is 11.3. The standard InChI is InChI=1S/C22H15NO.H2/c24-22(18-7-5-13-23-15-18)12-11-17-14-16-6-1-2-8-19(16)21-10-4-3-9-20(17)21;/h1-15H;1H/b12-11+;/i;1+1. The fraction of sp³-hybridized carbons (Fsp3) is 0. The summed E-state index contributed by atoms with van der Waals surface area (Å²) in [6, 6.07) is 22.3. The van der Waals surface area contributed by atoms with Crippen LogP contribution in [0.15, 0.2) is 85.2 Å². The van der Waals surface area contributed by atoms with Crippen LogP contribution in [-0.2, 0) is 0 Å². The molecule has 116 valence electrons. The summed E-state index contributed by atoms with van der Waals surface area (Å²) in [5.74, 6) is -0.0414. The quantitative estimate of drug-likeness (QED) is 0.283. The van der Waals surface area contributed by atoms with E-state index in [0.717, 1.165) is 10.9 Å². The van der Waals surface area contributed by atoms with Gasteiger partial charge < -0.3 is 0 Å². The van der Waals surface area contributed by atoms with Gasteiger partial charge in [0.2, 0.25) is 0 Å². The van der Waals surface area contributed by atoms with Crippen LogP contribution in [0.4, 0.5) is 0 Å². The average Bonchev–Trinajstić information content (AvgIpc) is 2.66. The first-order valence-corrected chi connectivity index (χ1v) is 7.86. The molecule has 4 rings (SSSR count). The summed E-state index contributed by atoms with van der Waals surface area (Å²) in [4.78, 5) is 16.3. The van der Waals surface area contributed by atoms with Gasteiger partial charge >= 0.3 is 0 Å². The van der Waals surface area contributed by atoms with Crippen molar-refractivity contribution in [2.75, 3.05) is 0 Å². The first kappa shape index (κ1) is 14.3. The van der Waals surface area contributed by atoms with Gasteiger partial charge in [-0.15, -0.1) is 0 Å². The molecule has 0 N–H and O–H groups in total. The van der Waals surface area contributed by atoms with Gasteiger partial charge in [-0.3, -0.25) is 9.78 Å². The molecule has 4 aromatic rings. The van der Waals surface area contributed by atoms with Crippen LogP contribution in [0, 0.1) is 0 Å². The molecule has 1 heterocycles. The van der Waals surface area contributed by atoms with Gasteiger partial charge in [0.05, 0.1) is 0 Å². The molecule has 0 aliphatic rings. The van der Waals surface area contributed by atoms with Crippen molar-refractivity contribution in [1.29, 1.82) is 0 Å². The van der Waals surface area contributed by atoms with E-state index in [9.17, 15) is 4.79 Å². The lowest BCUT2D eigenvalue weighted by Gasteiger charge is -2.07. The molecule has 0 amide bonds. The molecule has 2 heteroatoms. The predicted molar refractivity (Wildman–Crippen MR) is 101 cm³/mol. The number of hydrogen-bond acceptors (Lipinski definition) is 2. The highest BCUT2D eigenvalue weighted by Crippen LogP contribution is 2.29. The lowest BCUT2D eigenvalue weighted by molar-refractivity contribution is 0.104. The number of benzene rings is 3. The Balaban J connectivity index is 0.00000182. The molecule has 0 unspecified atom stereocenters. The van der Waals surface area contributed by atoms with Gasteiger partial charge in [0, 0.05) is 19.4 Å². The smallest absolute Gasteiger partial charge is 0.187 e. The summed E-state index contributed by atoms with van der Waals surface area (Å²) in [7, 11) is 0. The Bertz CT molecular complexity index is 1070. The predicted octanol–water partition coefficient (Wildman–Crippen LogP) is 5.53. The SMILES string of the molecule is O=C(/C=C/c1cc2ccccc2c2ccccc12)c1cccnc1.[2HH]. The van der Waals surface area contributed by atoms with Crippen molar-refractivity contribution in [1.82, 2.24) is 4.98 Å². The van der Waals surface area contributed by atoms with E-state index < -0.39 is 0 Å². The van der Waals surface area contributed by atoms with Crippen molar-refractivity contribution in [3.8, 4) is 0 Å². The molecule has 0 aliphatic heterocycles. The lowest BCUT2D eigenvalue weighted by atomic mass is 9.97. The van der Waals surface area contributed by atoms with Gasteiger partial charge in [0.25, 0.3) is 0 Å². The largest absolute Gasteiger partial charge is 0.289 e. The molecule has 0 saturated carbocycles. The maximum atomic E-state index is 12.3. The second-order valence-corrected chi connectivity index (χ2v) is 5.67. The third kappa shape index (κ3) is 2.59. The fourth-order valence-electron chi connectivity index (χ4n) is 2.99. The molecule has 2 nitrogen and oxygen atoms in total. The van der Waals surface area contributed by atoms with Crippen molar-refractivity contribution in [2.24, 2.45) is 0 Å². The monoisotopic (exact) mass is 312 g/mol. The zero-order valence-electron chi connectivity index (χ0n) is 13.0. The van der Waals surface area contributed by atoms with Crippen LogP contribution < -0.4 is 0 Å². The van der Waals surface area contributed by atoms with Gasteiger partial charge in [-0.05, 0) is 51.4 Å². The van der Waals surface area contributed by atoms with Crippen LogP contribution in [0.3, 0.4) is 0 Å². The van der Waals surface area contributed by atoms with Crippen molar-refractivity contribution >= 4 is 33.4 Å². The fourth-order valence-corrected chi connectivity index (χ4v) is 2.99. The van der Waals surface area contributed by atoms with E-state index in [2.05, 4.69) is 41.4 Å². The van der Waals surface area contributed by atoms with Crippen LogP contribution in [0.5, 0.6) is 0 Å². The highest BCUT2D eigenvalue weighted by Gasteiger charge is 2.05. The molecule has 0 spiro atoms. The van der Waals surface area contributed by atoms with Gasteiger partial charge in [-0.2, -0.15) is 0 Å². The number of rotatable bonds is 3. The van der Waals surface area contributed by atoms with E-state index >= 15 is 0 Å². The molecular formula is C22H17NO. The third-order valence-electron chi connectivity index (χ3n) is 4.16. The second kappa shape index (κ2) is 6.09. The zero-order valence-corrected chi connectivity index (χ0v) is 13.0. The second-order valence-electron chi connectivity index (χ2n) is 5.67. The number of aromatic nitrogens is 1. The van der Waals surface area contributed by atoms with Crippen LogP contribution in [0.25, 0.3) is 27.6 Å². The highest BCUT2D eigenvalue weighted by atomic mass is 16.1. The Morgan fingerprint density at radius 2 is 1.62 bits per heavy atom. The van der Waals surface area contributed by atoms with Crippen molar-refractivity contribution in [3.05, 3.63) is 96.3 Å². The molecule has 0 aliphatic carbocycles. The third-order valence-corrected chi connectivity index (χ3v) is 4.16. The summed E-state index contributed by atoms with van der Waals surface area (Å²) in [5.41, 5.74) is 1.64. The van der Waals surface area contributed by atoms with Crippen molar-refractivity contribution in [2.45, 2.75) is 0 Å². The molecule has 0 radical (unpaired) electrons. The van der Waals surface area contributed by atoms with Crippen LogP contribution in [0.2, 0.25) is 0 Å². The summed E-state index contributed by atoms with van der Waals surface area (Å²) >= 11 is 0. The van der Waals surface area contributed by atoms with E-state index in [1.807, 2.05) is 24.3 Å². The van der Waals surface area contributed by atoms with Crippen molar-refractivity contribution in [3.63, 3.8) is 0 Å². The van der Waals surface area contributed by atoms with E-state index in [-0.39, 0.29) is 7.21 Å². The number of fused-ring (bicyclic) bond motifs is 3. The molecule has 3 aromatic carbocycles.